The molecule has 1 fully saturated rings. The second kappa shape index (κ2) is 4.31. The van der Waals surface area contributed by atoms with Gasteiger partial charge >= 0.3 is 0 Å². The Kier molecular flexibility index (Phi) is 3.08. The first-order valence-electron chi connectivity index (χ1n) is 4.43. The van der Waals surface area contributed by atoms with Crippen LogP contribution in [0.15, 0.2) is 6.20 Å². The van der Waals surface area contributed by atoms with Crippen molar-refractivity contribution < 1.29 is 0 Å². The molecule has 0 N–H and O–H groups in total. The first-order chi connectivity index (χ1) is 6.77. The summed E-state index contributed by atoms with van der Waals surface area (Å²) in [6.45, 7) is 0. The van der Waals surface area contributed by atoms with Crippen molar-refractivity contribution in [2.75, 3.05) is 23.5 Å². The zero-order valence-corrected chi connectivity index (χ0v) is 9.42. The van der Waals surface area contributed by atoms with Crippen molar-refractivity contribution in [3.05, 3.63) is 11.5 Å². The number of aromatic nitrogens is 3. The summed E-state index contributed by atoms with van der Waals surface area (Å²) in [7, 11) is 2.02. The van der Waals surface area contributed by atoms with E-state index >= 15 is 0 Å². The molecule has 1 aliphatic rings. The molecule has 1 aromatic heterocycles. The van der Waals surface area contributed by atoms with Crippen LogP contribution >= 0.6 is 23.4 Å². The van der Waals surface area contributed by atoms with Crippen LogP contribution in [0.1, 0.15) is 6.42 Å². The maximum Gasteiger partial charge on any atom is 0.244 e. The van der Waals surface area contributed by atoms with Crippen LogP contribution in [0.25, 0.3) is 0 Å². The van der Waals surface area contributed by atoms with E-state index < -0.39 is 0 Å². The van der Waals surface area contributed by atoms with Gasteiger partial charge in [-0.25, -0.2) is 0 Å². The molecule has 1 unspecified atom stereocenters. The summed E-state index contributed by atoms with van der Waals surface area (Å²) in [5.74, 6) is 3.18. The molecule has 0 aliphatic carbocycles. The van der Waals surface area contributed by atoms with E-state index in [9.17, 15) is 0 Å². The second-order valence-corrected chi connectivity index (χ2v) is 4.70. The van der Waals surface area contributed by atoms with Gasteiger partial charge in [0, 0.05) is 18.8 Å². The van der Waals surface area contributed by atoms with Crippen molar-refractivity contribution in [2.24, 2.45) is 0 Å². The molecule has 0 bridgehead atoms. The summed E-state index contributed by atoms with van der Waals surface area (Å²) in [5, 5.41) is 7.61. The SMILES string of the molecule is CN(c1cnnc(Cl)n1)C1CCSC1. The molecular weight excluding hydrogens is 220 g/mol. The molecule has 6 heteroatoms. The Balaban J connectivity index is 2.13. The Morgan fingerprint density at radius 2 is 2.50 bits per heavy atom. The molecule has 0 spiro atoms. The molecular formula is C8H11ClN4S. The first kappa shape index (κ1) is 9.98. The number of hydrogen-bond acceptors (Lipinski definition) is 5. The van der Waals surface area contributed by atoms with Crippen LogP contribution in [0.5, 0.6) is 0 Å². The van der Waals surface area contributed by atoms with Crippen LogP contribution in [0.4, 0.5) is 5.82 Å². The van der Waals surface area contributed by atoms with Gasteiger partial charge in [0.25, 0.3) is 0 Å². The summed E-state index contributed by atoms with van der Waals surface area (Å²) in [5.41, 5.74) is 0. The fourth-order valence-corrected chi connectivity index (χ4v) is 2.86. The first-order valence-corrected chi connectivity index (χ1v) is 5.96. The predicted molar refractivity (Wildman–Crippen MR) is 59.0 cm³/mol. The van der Waals surface area contributed by atoms with Crippen molar-refractivity contribution in [3.63, 3.8) is 0 Å². The maximum atomic E-state index is 5.68. The third-order valence-corrected chi connectivity index (χ3v) is 3.64. The Hall–Kier alpha value is -0.550. The molecule has 1 atom stereocenters. The van der Waals surface area contributed by atoms with Gasteiger partial charge in [-0.1, -0.05) is 0 Å². The molecule has 2 heterocycles. The Labute approximate surface area is 92.1 Å². The van der Waals surface area contributed by atoms with Crippen molar-refractivity contribution in [3.8, 4) is 0 Å². The monoisotopic (exact) mass is 230 g/mol. The molecule has 4 nitrogen and oxygen atoms in total. The molecule has 0 saturated carbocycles. The van der Waals surface area contributed by atoms with E-state index in [1.54, 1.807) is 6.20 Å². The average Bonchev–Trinajstić information content (AvgIpc) is 2.69. The number of hydrogen-bond donors (Lipinski definition) is 0. The molecule has 0 amide bonds. The van der Waals surface area contributed by atoms with Gasteiger partial charge in [-0.3, -0.25) is 0 Å². The lowest BCUT2D eigenvalue weighted by Crippen LogP contribution is -2.32. The van der Waals surface area contributed by atoms with Gasteiger partial charge < -0.3 is 4.90 Å². The molecule has 1 saturated heterocycles. The summed E-state index contributed by atoms with van der Waals surface area (Å²) in [6.07, 6.45) is 2.84. The predicted octanol–water partition coefficient (Wildman–Crippen LogP) is 1.47. The Morgan fingerprint density at radius 1 is 1.64 bits per heavy atom. The lowest BCUT2D eigenvalue weighted by Gasteiger charge is -2.23. The smallest absolute Gasteiger partial charge is 0.244 e. The number of halogens is 1. The van der Waals surface area contributed by atoms with E-state index in [1.807, 2.05) is 18.8 Å². The Bertz CT molecular complexity index is 316. The van der Waals surface area contributed by atoms with E-state index in [-0.39, 0.29) is 5.28 Å². The van der Waals surface area contributed by atoms with Crippen molar-refractivity contribution in [1.29, 1.82) is 0 Å². The van der Waals surface area contributed by atoms with Crippen molar-refractivity contribution >= 4 is 29.2 Å². The average molecular weight is 231 g/mol. The molecule has 2 rings (SSSR count). The van der Waals surface area contributed by atoms with Gasteiger partial charge in [0.15, 0.2) is 5.82 Å². The van der Waals surface area contributed by atoms with Gasteiger partial charge in [0.2, 0.25) is 5.28 Å². The minimum absolute atomic E-state index is 0.208. The molecule has 1 aliphatic heterocycles. The van der Waals surface area contributed by atoms with Gasteiger partial charge in [0.05, 0.1) is 6.20 Å². The maximum absolute atomic E-state index is 5.68. The highest BCUT2D eigenvalue weighted by Gasteiger charge is 2.21. The third kappa shape index (κ3) is 2.09. The van der Waals surface area contributed by atoms with E-state index in [4.69, 9.17) is 11.6 Å². The Morgan fingerprint density at radius 3 is 3.14 bits per heavy atom. The van der Waals surface area contributed by atoms with Gasteiger partial charge in [0.1, 0.15) is 0 Å². The molecule has 14 heavy (non-hydrogen) atoms. The van der Waals surface area contributed by atoms with E-state index in [0.29, 0.717) is 6.04 Å². The molecule has 0 aromatic carbocycles. The van der Waals surface area contributed by atoms with E-state index in [0.717, 1.165) is 11.6 Å². The number of thioether (sulfide) groups is 1. The highest BCUT2D eigenvalue weighted by atomic mass is 35.5. The minimum Gasteiger partial charge on any atom is -0.354 e. The zero-order chi connectivity index (χ0) is 9.97. The molecule has 1 aromatic rings. The largest absolute Gasteiger partial charge is 0.354 e. The number of nitrogens with zero attached hydrogens (tertiary/aromatic N) is 4. The van der Waals surface area contributed by atoms with Crippen LogP contribution in [0.2, 0.25) is 5.28 Å². The fraction of sp³-hybridized carbons (Fsp3) is 0.625. The van der Waals surface area contributed by atoms with E-state index in [1.165, 1.54) is 12.2 Å². The van der Waals surface area contributed by atoms with Crippen LogP contribution in [0.3, 0.4) is 0 Å². The topological polar surface area (TPSA) is 41.9 Å². The van der Waals surface area contributed by atoms with Crippen LogP contribution in [-0.4, -0.2) is 39.8 Å². The van der Waals surface area contributed by atoms with Gasteiger partial charge in [-0.2, -0.15) is 21.8 Å². The molecule has 0 radical (unpaired) electrons. The standard InChI is InChI=1S/C8H11ClN4S/c1-13(6-2-3-14-5-6)7-4-10-12-8(9)11-7/h4,6H,2-3,5H2,1H3. The van der Waals surface area contributed by atoms with Crippen molar-refractivity contribution in [1.82, 2.24) is 15.2 Å². The van der Waals surface area contributed by atoms with Crippen LogP contribution in [0, 0.1) is 0 Å². The van der Waals surface area contributed by atoms with Crippen LogP contribution in [-0.2, 0) is 0 Å². The normalized spacial score (nSPS) is 21.1. The summed E-state index contributed by atoms with van der Waals surface area (Å²) >= 11 is 7.65. The number of anilines is 1. The fourth-order valence-electron chi connectivity index (χ4n) is 1.46. The lowest BCUT2D eigenvalue weighted by molar-refractivity contribution is 0.686. The zero-order valence-electron chi connectivity index (χ0n) is 7.85. The lowest BCUT2D eigenvalue weighted by atomic mass is 10.2. The van der Waals surface area contributed by atoms with Crippen molar-refractivity contribution in [2.45, 2.75) is 12.5 Å². The quantitative estimate of drug-likeness (QED) is 0.770. The highest BCUT2D eigenvalue weighted by Crippen LogP contribution is 2.24. The van der Waals surface area contributed by atoms with Gasteiger partial charge in [-0.15, -0.1) is 5.10 Å². The molecule has 76 valence electrons. The number of rotatable bonds is 2. The minimum atomic E-state index is 0.208. The van der Waals surface area contributed by atoms with Crippen LogP contribution < -0.4 is 4.90 Å². The highest BCUT2D eigenvalue weighted by molar-refractivity contribution is 7.99. The van der Waals surface area contributed by atoms with E-state index in [2.05, 4.69) is 20.1 Å². The van der Waals surface area contributed by atoms with Gasteiger partial charge in [-0.05, 0) is 23.8 Å². The third-order valence-electron chi connectivity index (χ3n) is 2.34. The summed E-state index contributed by atoms with van der Waals surface area (Å²) < 4.78 is 0. The second-order valence-electron chi connectivity index (χ2n) is 3.21. The summed E-state index contributed by atoms with van der Waals surface area (Å²) in [4.78, 5) is 6.25. The summed E-state index contributed by atoms with van der Waals surface area (Å²) in [6, 6.07) is 0.549.